The Morgan fingerprint density at radius 2 is 2.17 bits per heavy atom. The Morgan fingerprint density at radius 1 is 1.44 bits per heavy atom. The molecule has 0 atom stereocenters. The number of hydrogen-bond acceptors (Lipinski definition) is 4. The van der Waals surface area contributed by atoms with E-state index in [1.54, 1.807) is 32.0 Å². The first-order valence-electron chi connectivity index (χ1n) is 5.53. The van der Waals surface area contributed by atoms with Gasteiger partial charge in [0.1, 0.15) is 5.56 Å². The van der Waals surface area contributed by atoms with Crippen LogP contribution in [0.15, 0.2) is 28.8 Å². The molecule has 2 aromatic rings. The summed E-state index contributed by atoms with van der Waals surface area (Å²) in [5.74, 6) is -0.109. The first-order chi connectivity index (χ1) is 8.65. The van der Waals surface area contributed by atoms with Gasteiger partial charge in [-0.2, -0.15) is 0 Å². The van der Waals surface area contributed by atoms with E-state index in [9.17, 15) is 4.79 Å². The molecule has 0 N–H and O–H groups in total. The summed E-state index contributed by atoms with van der Waals surface area (Å²) in [6, 6.07) is 7.11. The fourth-order valence-corrected chi connectivity index (χ4v) is 1.86. The molecule has 4 nitrogen and oxygen atoms in total. The molecular formula is C13H12ClNO3. The summed E-state index contributed by atoms with van der Waals surface area (Å²) in [4.78, 5) is 11.9. The Balaban J connectivity index is 2.53. The van der Waals surface area contributed by atoms with Crippen LogP contribution in [0.25, 0.3) is 11.3 Å². The molecule has 0 aliphatic heterocycles. The molecule has 0 aliphatic rings. The number of ether oxygens (including phenoxy) is 1. The van der Waals surface area contributed by atoms with Crippen LogP contribution in [-0.2, 0) is 4.74 Å². The molecule has 1 heterocycles. The van der Waals surface area contributed by atoms with Gasteiger partial charge in [-0.25, -0.2) is 4.79 Å². The molecule has 0 unspecified atom stereocenters. The molecule has 1 aromatic heterocycles. The van der Waals surface area contributed by atoms with Gasteiger partial charge < -0.3 is 9.26 Å². The maximum Gasteiger partial charge on any atom is 0.344 e. The van der Waals surface area contributed by atoms with Crippen molar-refractivity contribution in [2.75, 3.05) is 6.61 Å². The number of aromatic nitrogens is 1. The van der Waals surface area contributed by atoms with E-state index in [4.69, 9.17) is 20.9 Å². The average molecular weight is 266 g/mol. The summed E-state index contributed by atoms with van der Waals surface area (Å²) in [5, 5.41) is 4.30. The van der Waals surface area contributed by atoms with Crippen molar-refractivity contribution in [1.29, 1.82) is 0 Å². The third-order valence-corrected chi connectivity index (χ3v) is 2.79. The highest BCUT2D eigenvalue weighted by Gasteiger charge is 2.23. The fraction of sp³-hybridized carbons (Fsp3) is 0.231. The minimum Gasteiger partial charge on any atom is -0.462 e. The average Bonchev–Trinajstić information content (AvgIpc) is 2.72. The topological polar surface area (TPSA) is 52.3 Å². The number of aryl methyl sites for hydroxylation is 1. The summed E-state index contributed by atoms with van der Waals surface area (Å²) in [6.45, 7) is 3.73. The van der Waals surface area contributed by atoms with E-state index in [2.05, 4.69) is 5.16 Å². The molecule has 0 radical (unpaired) electrons. The lowest BCUT2D eigenvalue weighted by molar-refractivity contribution is 0.0526. The minimum absolute atomic E-state index is 0.297. The van der Waals surface area contributed by atoms with Crippen molar-refractivity contribution in [1.82, 2.24) is 5.16 Å². The van der Waals surface area contributed by atoms with Crippen molar-refractivity contribution in [3.05, 3.63) is 40.5 Å². The van der Waals surface area contributed by atoms with E-state index >= 15 is 0 Å². The second-order valence-electron chi connectivity index (χ2n) is 3.67. The standard InChI is InChI=1S/C13H12ClNO3/c1-3-17-13(16)11-8(2)15-18-12(11)9-6-4-5-7-10(9)14/h4-7H,3H2,1-2H3. The molecule has 5 heteroatoms. The molecule has 94 valence electrons. The van der Waals surface area contributed by atoms with Gasteiger partial charge in [0.2, 0.25) is 0 Å². The third kappa shape index (κ3) is 2.24. The second kappa shape index (κ2) is 5.23. The van der Waals surface area contributed by atoms with E-state index in [1.165, 1.54) is 0 Å². The molecule has 0 amide bonds. The predicted molar refractivity (Wildman–Crippen MR) is 67.6 cm³/mol. The van der Waals surface area contributed by atoms with Crippen LogP contribution >= 0.6 is 11.6 Å². The molecule has 0 bridgehead atoms. The van der Waals surface area contributed by atoms with Gasteiger partial charge in [0.05, 0.1) is 17.3 Å². The van der Waals surface area contributed by atoms with E-state index in [0.29, 0.717) is 34.2 Å². The van der Waals surface area contributed by atoms with E-state index in [0.717, 1.165) is 0 Å². The zero-order valence-electron chi connectivity index (χ0n) is 10.1. The summed E-state index contributed by atoms with van der Waals surface area (Å²) >= 11 is 6.08. The van der Waals surface area contributed by atoms with Crippen LogP contribution in [0.5, 0.6) is 0 Å². The van der Waals surface area contributed by atoms with Crippen molar-refractivity contribution in [2.24, 2.45) is 0 Å². The van der Waals surface area contributed by atoms with Crippen molar-refractivity contribution in [2.45, 2.75) is 13.8 Å². The number of carbonyl (C=O) groups is 1. The normalized spacial score (nSPS) is 10.4. The van der Waals surface area contributed by atoms with Gasteiger partial charge in [-0.05, 0) is 26.0 Å². The Hall–Kier alpha value is -1.81. The summed E-state index contributed by atoms with van der Waals surface area (Å²) < 4.78 is 10.2. The summed E-state index contributed by atoms with van der Waals surface area (Å²) in [6.07, 6.45) is 0. The molecule has 0 spiro atoms. The number of halogens is 1. The Morgan fingerprint density at radius 3 is 2.83 bits per heavy atom. The quantitative estimate of drug-likeness (QED) is 0.797. The second-order valence-corrected chi connectivity index (χ2v) is 4.08. The highest BCUT2D eigenvalue weighted by atomic mass is 35.5. The van der Waals surface area contributed by atoms with Crippen molar-refractivity contribution in [3.63, 3.8) is 0 Å². The molecule has 2 rings (SSSR count). The smallest absolute Gasteiger partial charge is 0.344 e. The number of carbonyl (C=O) groups excluding carboxylic acids is 1. The van der Waals surface area contributed by atoms with Crippen LogP contribution < -0.4 is 0 Å². The van der Waals surface area contributed by atoms with Gasteiger partial charge in [0.15, 0.2) is 5.76 Å². The van der Waals surface area contributed by atoms with Crippen LogP contribution in [0.3, 0.4) is 0 Å². The lowest BCUT2D eigenvalue weighted by Gasteiger charge is -2.03. The number of rotatable bonds is 3. The first kappa shape index (κ1) is 12.6. The van der Waals surface area contributed by atoms with Gasteiger partial charge in [-0.3, -0.25) is 0 Å². The first-order valence-corrected chi connectivity index (χ1v) is 5.91. The largest absolute Gasteiger partial charge is 0.462 e. The van der Waals surface area contributed by atoms with Crippen LogP contribution in [0.2, 0.25) is 5.02 Å². The minimum atomic E-state index is -0.453. The van der Waals surface area contributed by atoms with Gasteiger partial charge in [0.25, 0.3) is 0 Å². The lowest BCUT2D eigenvalue weighted by Crippen LogP contribution is -2.06. The van der Waals surface area contributed by atoms with Crippen molar-refractivity contribution < 1.29 is 14.1 Å². The fourth-order valence-electron chi connectivity index (χ4n) is 1.64. The number of benzene rings is 1. The van der Waals surface area contributed by atoms with Crippen LogP contribution in [-0.4, -0.2) is 17.7 Å². The Bertz CT molecular complexity index is 577. The highest BCUT2D eigenvalue weighted by molar-refractivity contribution is 6.33. The number of nitrogens with zero attached hydrogens (tertiary/aromatic N) is 1. The SMILES string of the molecule is CCOC(=O)c1c(C)noc1-c1ccccc1Cl. The number of esters is 1. The molecule has 0 saturated heterocycles. The van der Waals surface area contributed by atoms with Gasteiger partial charge in [-0.1, -0.05) is 28.9 Å². The molecule has 0 fully saturated rings. The van der Waals surface area contributed by atoms with E-state index in [-0.39, 0.29) is 0 Å². The number of hydrogen-bond donors (Lipinski definition) is 0. The van der Waals surface area contributed by atoms with Gasteiger partial charge in [0, 0.05) is 5.56 Å². The molecule has 18 heavy (non-hydrogen) atoms. The van der Waals surface area contributed by atoms with Gasteiger partial charge in [-0.15, -0.1) is 0 Å². The predicted octanol–water partition coefficient (Wildman–Crippen LogP) is 3.48. The van der Waals surface area contributed by atoms with Crippen molar-refractivity contribution >= 4 is 17.6 Å². The molecular weight excluding hydrogens is 254 g/mol. The third-order valence-electron chi connectivity index (χ3n) is 2.46. The Kier molecular flexibility index (Phi) is 3.67. The highest BCUT2D eigenvalue weighted by Crippen LogP contribution is 2.32. The lowest BCUT2D eigenvalue weighted by atomic mass is 10.1. The Labute approximate surface area is 109 Å². The van der Waals surface area contributed by atoms with Crippen LogP contribution in [0.4, 0.5) is 0 Å². The van der Waals surface area contributed by atoms with Gasteiger partial charge >= 0.3 is 5.97 Å². The maximum absolute atomic E-state index is 11.9. The maximum atomic E-state index is 11.9. The summed E-state index contributed by atoms with van der Waals surface area (Å²) in [5.41, 5.74) is 1.44. The zero-order valence-corrected chi connectivity index (χ0v) is 10.8. The van der Waals surface area contributed by atoms with Crippen LogP contribution in [0.1, 0.15) is 23.0 Å². The monoisotopic (exact) mass is 265 g/mol. The van der Waals surface area contributed by atoms with E-state index in [1.807, 2.05) is 6.07 Å². The summed E-state index contributed by atoms with van der Waals surface area (Å²) in [7, 11) is 0. The van der Waals surface area contributed by atoms with E-state index < -0.39 is 5.97 Å². The zero-order chi connectivity index (χ0) is 13.1. The molecule has 0 aliphatic carbocycles. The van der Waals surface area contributed by atoms with Crippen molar-refractivity contribution in [3.8, 4) is 11.3 Å². The molecule has 0 saturated carbocycles. The molecule has 1 aromatic carbocycles. The van der Waals surface area contributed by atoms with Crippen LogP contribution in [0, 0.1) is 6.92 Å².